The summed E-state index contributed by atoms with van der Waals surface area (Å²) in [4.78, 5) is 15.7. The fraction of sp³-hybridized carbons (Fsp3) is 0.321. The normalized spacial score (nSPS) is 18.6. The van der Waals surface area contributed by atoms with Gasteiger partial charge in [-0.25, -0.2) is 4.99 Å². The zero-order valence-electron chi connectivity index (χ0n) is 20.4. The number of anilines is 2. The number of hydrogen-bond acceptors (Lipinski definition) is 6. The molecule has 0 bridgehead atoms. The first-order valence-corrected chi connectivity index (χ1v) is 11.8. The molecule has 1 fully saturated rings. The van der Waals surface area contributed by atoms with Gasteiger partial charge in [0, 0.05) is 38.7 Å². The summed E-state index contributed by atoms with van der Waals surface area (Å²) in [6.07, 6.45) is -0.239. The second-order valence-electron chi connectivity index (χ2n) is 9.03. The molecule has 5 rings (SSSR count). The number of likely N-dealkylation sites (N-methyl/N-ethyl adjacent to an activating group) is 1. The van der Waals surface area contributed by atoms with Gasteiger partial charge < -0.3 is 19.4 Å². The fourth-order valence-electron chi connectivity index (χ4n) is 4.74. The van der Waals surface area contributed by atoms with Gasteiger partial charge >= 0.3 is 0 Å². The summed E-state index contributed by atoms with van der Waals surface area (Å²) in [5.74, 6) is 1.54. The highest BCUT2D eigenvalue weighted by Gasteiger charge is 2.30. The number of methoxy groups -OCH3 is 1. The van der Waals surface area contributed by atoms with Crippen molar-refractivity contribution in [2.24, 2.45) is 4.99 Å². The number of benzene rings is 3. The van der Waals surface area contributed by atoms with E-state index in [4.69, 9.17) is 14.6 Å². The Hall–Kier alpha value is -3.51. The summed E-state index contributed by atoms with van der Waals surface area (Å²) in [6.45, 7) is 8.06. The monoisotopic (exact) mass is 456 g/mol. The van der Waals surface area contributed by atoms with E-state index in [9.17, 15) is 0 Å². The molecule has 2 aliphatic heterocycles. The molecule has 0 radical (unpaired) electrons. The zero-order chi connectivity index (χ0) is 23.7. The summed E-state index contributed by atoms with van der Waals surface area (Å²) < 4.78 is 5.70. The standard InChI is InChI=1S/C28H32N4O2/c1-20-18-23(10-12-25(20)22-8-6-5-7-9-22)28-29-21(2)34-32(28)24-11-13-27(33-4)26(19-24)31-16-14-30(3)15-17-31/h5-13,18-19,28H,14-17H2,1-4H3. The smallest absolute Gasteiger partial charge is 0.217 e. The van der Waals surface area contributed by atoms with Crippen LogP contribution in [0, 0.1) is 6.92 Å². The van der Waals surface area contributed by atoms with Crippen molar-refractivity contribution in [3.8, 4) is 16.9 Å². The lowest BCUT2D eigenvalue weighted by Crippen LogP contribution is -2.44. The number of ether oxygens (including phenoxy) is 1. The topological polar surface area (TPSA) is 40.5 Å². The van der Waals surface area contributed by atoms with Crippen LogP contribution in [0.2, 0.25) is 0 Å². The molecule has 0 N–H and O–H groups in total. The minimum atomic E-state index is -0.239. The predicted octanol–water partition coefficient (Wildman–Crippen LogP) is 5.29. The van der Waals surface area contributed by atoms with Gasteiger partial charge in [0.1, 0.15) is 5.75 Å². The first-order chi connectivity index (χ1) is 16.5. The van der Waals surface area contributed by atoms with E-state index in [1.54, 1.807) is 7.11 Å². The van der Waals surface area contributed by atoms with Crippen molar-refractivity contribution in [1.29, 1.82) is 0 Å². The highest BCUT2D eigenvalue weighted by molar-refractivity contribution is 5.79. The molecule has 176 valence electrons. The van der Waals surface area contributed by atoms with E-state index in [-0.39, 0.29) is 6.17 Å². The minimum Gasteiger partial charge on any atom is -0.495 e. The van der Waals surface area contributed by atoms with E-state index >= 15 is 0 Å². The molecular formula is C28H32N4O2. The van der Waals surface area contributed by atoms with E-state index in [2.05, 4.69) is 72.3 Å². The summed E-state index contributed by atoms with van der Waals surface area (Å²) >= 11 is 0. The van der Waals surface area contributed by atoms with Crippen molar-refractivity contribution < 1.29 is 9.57 Å². The molecule has 1 saturated heterocycles. The molecule has 2 aliphatic rings. The van der Waals surface area contributed by atoms with E-state index in [0.717, 1.165) is 48.9 Å². The molecule has 0 amide bonds. The maximum absolute atomic E-state index is 6.12. The van der Waals surface area contributed by atoms with Crippen LogP contribution in [0.4, 0.5) is 11.4 Å². The third-order valence-corrected chi connectivity index (χ3v) is 6.65. The molecule has 0 aliphatic carbocycles. The lowest BCUT2D eigenvalue weighted by atomic mass is 9.97. The number of piperazine rings is 1. The van der Waals surface area contributed by atoms with Crippen LogP contribution < -0.4 is 14.7 Å². The molecule has 6 nitrogen and oxygen atoms in total. The summed E-state index contributed by atoms with van der Waals surface area (Å²) in [5, 5.41) is 1.91. The van der Waals surface area contributed by atoms with Crippen molar-refractivity contribution >= 4 is 17.3 Å². The van der Waals surface area contributed by atoms with Crippen LogP contribution in [0.3, 0.4) is 0 Å². The molecule has 34 heavy (non-hydrogen) atoms. The van der Waals surface area contributed by atoms with Gasteiger partial charge in [-0.3, -0.25) is 0 Å². The summed E-state index contributed by atoms with van der Waals surface area (Å²) in [5.41, 5.74) is 6.83. The molecule has 6 heteroatoms. The first kappa shape index (κ1) is 22.3. The number of aliphatic imine (C=N–C) groups is 1. The summed E-state index contributed by atoms with van der Waals surface area (Å²) in [6, 6.07) is 23.3. The fourth-order valence-corrected chi connectivity index (χ4v) is 4.74. The van der Waals surface area contributed by atoms with Crippen LogP contribution in [0.25, 0.3) is 11.1 Å². The van der Waals surface area contributed by atoms with Gasteiger partial charge in [-0.2, -0.15) is 5.06 Å². The molecule has 3 aromatic carbocycles. The van der Waals surface area contributed by atoms with Crippen molar-refractivity contribution in [1.82, 2.24) is 4.90 Å². The van der Waals surface area contributed by atoms with E-state index < -0.39 is 0 Å². The third-order valence-electron chi connectivity index (χ3n) is 6.65. The van der Waals surface area contributed by atoms with Crippen LogP contribution >= 0.6 is 0 Å². The Morgan fingerprint density at radius 3 is 2.38 bits per heavy atom. The molecule has 0 spiro atoms. The largest absolute Gasteiger partial charge is 0.495 e. The maximum atomic E-state index is 6.12. The Bertz CT molecular complexity index is 1190. The van der Waals surface area contributed by atoms with Gasteiger partial charge in [0.15, 0.2) is 6.17 Å². The first-order valence-electron chi connectivity index (χ1n) is 11.8. The van der Waals surface area contributed by atoms with Crippen LogP contribution in [-0.2, 0) is 4.84 Å². The molecule has 1 unspecified atom stereocenters. The van der Waals surface area contributed by atoms with Crippen molar-refractivity contribution in [2.45, 2.75) is 20.0 Å². The van der Waals surface area contributed by atoms with E-state index in [1.807, 2.05) is 30.2 Å². The quantitative estimate of drug-likeness (QED) is 0.522. The van der Waals surface area contributed by atoms with E-state index in [1.165, 1.54) is 16.7 Å². The number of nitrogens with zero attached hydrogens (tertiary/aromatic N) is 4. The van der Waals surface area contributed by atoms with Crippen LogP contribution in [0.1, 0.15) is 24.2 Å². The molecule has 1 atom stereocenters. The van der Waals surface area contributed by atoms with Crippen LogP contribution in [0.5, 0.6) is 5.75 Å². The number of hydroxylamine groups is 1. The lowest BCUT2D eigenvalue weighted by molar-refractivity contribution is 0.266. The highest BCUT2D eigenvalue weighted by atomic mass is 16.7. The van der Waals surface area contributed by atoms with Gasteiger partial charge in [-0.05, 0) is 48.9 Å². The second kappa shape index (κ2) is 9.39. The minimum absolute atomic E-state index is 0.239. The number of hydrogen-bond donors (Lipinski definition) is 0. The molecular weight excluding hydrogens is 424 g/mol. The van der Waals surface area contributed by atoms with Gasteiger partial charge in [-0.15, -0.1) is 0 Å². The summed E-state index contributed by atoms with van der Waals surface area (Å²) in [7, 11) is 3.90. The SMILES string of the molecule is COc1ccc(N2OC(C)=NC2c2ccc(-c3ccccc3)c(C)c2)cc1N1CCN(C)CC1. The van der Waals surface area contributed by atoms with Crippen molar-refractivity contribution in [2.75, 3.05) is 50.3 Å². The average molecular weight is 457 g/mol. The Morgan fingerprint density at radius 2 is 1.68 bits per heavy atom. The zero-order valence-corrected chi connectivity index (χ0v) is 20.4. The average Bonchev–Trinajstić information content (AvgIpc) is 3.26. The highest BCUT2D eigenvalue weighted by Crippen LogP contribution is 2.39. The molecule has 0 saturated carbocycles. The Labute approximate surface area is 202 Å². The van der Waals surface area contributed by atoms with Crippen LogP contribution in [-0.4, -0.2) is 51.1 Å². The second-order valence-corrected chi connectivity index (χ2v) is 9.03. The Kier molecular flexibility index (Phi) is 6.16. The van der Waals surface area contributed by atoms with E-state index in [0.29, 0.717) is 5.90 Å². The lowest BCUT2D eigenvalue weighted by Gasteiger charge is -2.35. The van der Waals surface area contributed by atoms with Gasteiger partial charge in [0.25, 0.3) is 0 Å². The Balaban J connectivity index is 1.46. The van der Waals surface area contributed by atoms with Gasteiger partial charge in [0.2, 0.25) is 5.90 Å². The van der Waals surface area contributed by atoms with Gasteiger partial charge in [-0.1, -0.05) is 48.5 Å². The third kappa shape index (κ3) is 4.33. The number of aryl methyl sites for hydroxylation is 1. The maximum Gasteiger partial charge on any atom is 0.217 e. The molecule has 3 aromatic rings. The molecule has 2 heterocycles. The Morgan fingerprint density at radius 1 is 0.912 bits per heavy atom. The van der Waals surface area contributed by atoms with Gasteiger partial charge in [0.05, 0.1) is 18.5 Å². The van der Waals surface area contributed by atoms with Crippen LogP contribution in [0.15, 0.2) is 71.7 Å². The number of rotatable bonds is 5. The van der Waals surface area contributed by atoms with Crippen molar-refractivity contribution in [3.05, 3.63) is 77.9 Å². The van der Waals surface area contributed by atoms with Crippen molar-refractivity contribution in [3.63, 3.8) is 0 Å². The molecule has 0 aromatic heterocycles. The predicted molar refractivity (Wildman–Crippen MR) is 139 cm³/mol.